The van der Waals surface area contributed by atoms with Crippen LogP contribution < -0.4 is 11.1 Å². The summed E-state index contributed by atoms with van der Waals surface area (Å²) in [5.74, 6) is 0. The highest BCUT2D eigenvalue weighted by Crippen LogP contribution is 2.24. The molecule has 6 heteroatoms. The number of aromatic nitrogens is 1. The molecule has 0 radical (unpaired) electrons. The number of halogens is 2. The minimum absolute atomic E-state index is 0.452. The predicted octanol–water partition coefficient (Wildman–Crippen LogP) is 4.37. The van der Waals surface area contributed by atoms with Crippen molar-refractivity contribution >= 4 is 46.0 Å². The van der Waals surface area contributed by atoms with Crippen LogP contribution in [-0.2, 0) is 6.42 Å². The Bertz CT molecular complexity index is 786. The largest absolute Gasteiger partial charge is 0.423 e. The third-order valence-corrected chi connectivity index (χ3v) is 3.72. The van der Waals surface area contributed by atoms with Crippen molar-refractivity contribution in [1.29, 1.82) is 0 Å². The number of nitrogens with zero attached hydrogens (tertiary/aromatic N) is 1. The number of anilines is 2. The Morgan fingerprint density at radius 1 is 1.19 bits per heavy atom. The number of hydrogen-bond acceptors (Lipinski definition) is 4. The second kappa shape index (κ2) is 5.84. The maximum atomic E-state index is 6.13. The van der Waals surface area contributed by atoms with E-state index in [1.165, 1.54) is 0 Å². The number of rotatable bonds is 4. The van der Waals surface area contributed by atoms with E-state index in [4.69, 9.17) is 33.4 Å². The van der Waals surface area contributed by atoms with Crippen molar-refractivity contribution in [3.05, 3.63) is 52.0 Å². The lowest BCUT2D eigenvalue weighted by Crippen LogP contribution is -2.05. The molecule has 0 saturated carbocycles. The van der Waals surface area contributed by atoms with Gasteiger partial charge in [0.15, 0.2) is 5.58 Å². The summed E-state index contributed by atoms with van der Waals surface area (Å²) in [6, 6.07) is 11.4. The van der Waals surface area contributed by atoms with E-state index in [0.29, 0.717) is 39.4 Å². The summed E-state index contributed by atoms with van der Waals surface area (Å²) < 4.78 is 5.58. The monoisotopic (exact) mass is 321 g/mol. The molecule has 1 aromatic heterocycles. The van der Waals surface area contributed by atoms with Crippen LogP contribution in [0.5, 0.6) is 0 Å². The standard InChI is InChI=1S/C15H13Cl2N3O/c16-10-5-4-9(11(17)8-10)6-7-19-15-20-14-12(18)2-1-3-13(14)21-15/h1-5,8H,6-7,18H2,(H,19,20). The summed E-state index contributed by atoms with van der Waals surface area (Å²) in [4.78, 5) is 4.32. The van der Waals surface area contributed by atoms with Crippen LogP contribution >= 0.6 is 23.2 Å². The average Bonchev–Trinajstić information content (AvgIpc) is 2.86. The molecule has 0 atom stereocenters. The number of para-hydroxylation sites is 1. The Balaban J connectivity index is 1.68. The van der Waals surface area contributed by atoms with Gasteiger partial charge in [0, 0.05) is 16.6 Å². The summed E-state index contributed by atoms with van der Waals surface area (Å²) in [6.45, 7) is 0.647. The van der Waals surface area contributed by atoms with Crippen LogP contribution in [0.2, 0.25) is 10.0 Å². The molecule has 0 aliphatic heterocycles. The highest BCUT2D eigenvalue weighted by Gasteiger charge is 2.08. The van der Waals surface area contributed by atoms with Gasteiger partial charge in [0.05, 0.1) is 5.69 Å². The van der Waals surface area contributed by atoms with Crippen molar-refractivity contribution in [2.45, 2.75) is 6.42 Å². The SMILES string of the molecule is Nc1cccc2oc(NCCc3ccc(Cl)cc3Cl)nc12. The zero-order valence-corrected chi connectivity index (χ0v) is 12.6. The van der Waals surface area contributed by atoms with E-state index in [-0.39, 0.29) is 0 Å². The molecule has 3 aromatic rings. The van der Waals surface area contributed by atoms with Crippen LogP contribution in [0, 0.1) is 0 Å². The van der Waals surface area contributed by atoms with E-state index in [2.05, 4.69) is 10.3 Å². The van der Waals surface area contributed by atoms with Crippen molar-refractivity contribution in [2.75, 3.05) is 17.6 Å². The molecule has 0 unspecified atom stereocenters. The van der Waals surface area contributed by atoms with E-state index in [1.807, 2.05) is 24.3 Å². The Morgan fingerprint density at radius 3 is 2.81 bits per heavy atom. The van der Waals surface area contributed by atoms with Gasteiger partial charge in [-0.2, -0.15) is 4.98 Å². The minimum atomic E-state index is 0.452. The van der Waals surface area contributed by atoms with Crippen LogP contribution in [-0.4, -0.2) is 11.5 Å². The zero-order valence-electron chi connectivity index (χ0n) is 11.1. The van der Waals surface area contributed by atoms with Gasteiger partial charge in [-0.15, -0.1) is 0 Å². The van der Waals surface area contributed by atoms with Crippen LogP contribution in [0.3, 0.4) is 0 Å². The minimum Gasteiger partial charge on any atom is -0.423 e. The molecule has 0 amide bonds. The first kappa shape index (κ1) is 14.0. The fraction of sp³-hybridized carbons (Fsp3) is 0.133. The van der Waals surface area contributed by atoms with Gasteiger partial charge in [0.2, 0.25) is 0 Å². The second-order valence-corrected chi connectivity index (χ2v) is 5.47. The van der Waals surface area contributed by atoms with Crippen molar-refractivity contribution in [1.82, 2.24) is 4.98 Å². The van der Waals surface area contributed by atoms with Crippen LogP contribution in [0.15, 0.2) is 40.8 Å². The Hall–Kier alpha value is -1.91. The maximum absolute atomic E-state index is 6.13. The van der Waals surface area contributed by atoms with Crippen LogP contribution in [0.4, 0.5) is 11.7 Å². The zero-order chi connectivity index (χ0) is 14.8. The Labute approximate surface area is 131 Å². The first-order chi connectivity index (χ1) is 10.1. The number of oxazole rings is 1. The molecule has 3 rings (SSSR count). The Kier molecular flexibility index (Phi) is 3.90. The van der Waals surface area contributed by atoms with Crippen molar-refractivity contribution in [3.8, 4) is 0 Å². The van der Waals surface area contributed by atoms with E-state index in [9.17, 15) is 0 Å². The van der Waals surface area contributed by atoms with Gasteiger partial charge in [-0.25, -0.2) is 0 Å². The molecular weight excluding hydrogens is 309 g/mol. The molecule has 0 aliphatic rings. The van der Waals surface area contributed by atoms with Crippen LogP contribution in [0.25, 0.3) is 11.1 Å². The van der Waals surface area contributed by atoms with E-state index >= 15 is 0 Å². The van der Waals surface area contributed by atoms with Crippen molar-refractivity contribution < 1.29 is 4.42 Å². The molecule has 0 bridgehead atoms. The summed E-state index contributed by atoms with van der Waals surface area (Å²) in [5, 5.41) is 4.42. The van der Waals surface area contributed by atoms with Crippen molar-refractivity contribution in [3.63, 3.8) is 0 Å². The van der Waals surface area contributed by atoms with Gasteiger partial charge in [-0.05, 0) is 36.2 Å². The van der Waals surface area contributed by atoms with Crippen molar-refractivity contribution in [2.24, 2.45) is 0 Å². The lowest BCUT2D eigenvalue weighted by Gasteiger charge is -2.05. The quantitative estimate of drug-likeness (QED) is 0.700. The number of nitrogens with two attached hydrogens (primary N) is 1. The highest BCUT2D eigenvalue weighted by molar-refractivity contribution is 6.35. The predicted molar refractivity (Wildman–Crippen MR) is 87.1 cm³/mol. The van der Waals surface area contributed by atoms with Crippen LogP contribution in [0.1, 0.15) is 5.56 Å². The number of hydrogen-bond donors (Lipinski definition) is 2. The fourth-order valence-corrected chi connectivity index (χ4v) is 2.58. The number of nitrogens with one attached hydrogen (secondary N) is 1. The molecular formula is C15H13Cl2N3O. The number of benzene rings is 2. The third-order valence-electron chi connectivity index (χ3n) is 3.14. The molecule has 2 aromatic carbocycles. The second-order valence-electron chi connectivity index (χ2n) is 4.63. The summed E-state index contributed by atoms with van der Waals surface area (Å²) in [5.41, 5.74) is 8.80. The van der Waals surface area contributed by atoms with Gasteiger partial charge < -0.3 is 15.5 Å². The molecule has 0 aliphatic carbocycles. The molecule has 1 heterocycles. The molecule has 3 N–H and O–H groups in total. The average molecular weight is 322 g/mol. The smallest absolute Gasteiger partial charge is 0.295 e. The van der Waals surface area contributed by atoms with Gasteiger partial charge >= 0.3 is 0 Å². The third kappa shape index (κ3) is 3.06. The Morgan fingerprint density at radius 2 is 2.05 bits per heavy atom. The normalized spacial score (nSPS) is 11.0. The van der Waals surface area contributed by atoms with E-state index in [1.54, 1.807) is 12.1 Å². The molecule has 108 valence electrons. The maximum Gasteiger partial charge on any atom is 0.295 e. The summed E-state index contributed by atoms with van der Waals surface area (Å²) in [6.07, 6.45) is 0.740. The molecule has 0 spiro atoms. The lowest BCUT2D eigenvalue weighted by atomic mass is 10.1. The van der Waals surface area contributed by atoms with E-state index < -0.39 is 0 Å². The first-order valence-corrected chi connectivity index (χ1v) is 7.22. The van der Waals surface area contributed by atoms with Gasteiger partial charge in [0.25, 0.3) is 6.01 Å². The summed E-state index contributed by atoms with van der Waals surface area (Å²) >= 11 is 12.0. The first-order valence-electron chi connectivity index (χ1n) is 6.46. The van der Waals surface area contributed by atoms with E-state index in [0.717, 1.165) is 12.0 Å². The molecule has 0 saturated heterocycles. The lowest BCUT2D eigenvalue weighted by molar-refractivity contribution is 0.614. The number of nitrogen functional groups attached to an aromatic ring is 1. The fourth-order valence-electron chi connectivity index (χ4n) is 2.07. The number of fused-ring (bicyclic) bond motifs is 1. The topological polar surface area (TPSA) is 64.1 Å². The highest BCUT2D eigenvalue weighted by atomic mass is 35.5. The van der Waals surface area contributed by atoms with Gasteiger partial charge in [-0.1, -0.05) is 35.3 Å². The van der Waals surface area contributed by atoms with Gasteiger partial charge in [-0.3, -0.25) is 0 Å². The van der Waals surface area contributed by atoms with Gasteiger partial charge in [0.1, 0.15) is 5.52 Å². The molecule has 0 fully saturated rings. The molecule has 21 heavy (non-hydrogen) atoms. The molecule has 4 nitrogen and oxygen atoms in total. The summed E-state index contributed by atoms with van der Waals surface area (Å²) in [7, 11) is 0.